The van der Waals surface area contributed by atoms with E-state index in [0.717, 1.165) is 272 Å². The average Bonchev–Trinajstić information content (AvgIpc) is 1.67. The van der Waals surface area contributed by atoms with Crippen LogP contribution in [0.1, 0.15) is 226 Å². The number of nitrogens with one attached hydrogen (secondary N) is 1. The first-order valence-electron chi connectivity index (χ1n) is 55.3. The molecule has 0 spiro atoms. The van der Waals surface area contributed by atoms with E-state index in [2.05, 4.69) is 111 Å². The topological polar surface area (TPSA) is 268 Å². The number of nitrogens with zero attached hydrogens (tertiary/aromatic N) is 17. The van der Waals surface area contributed by atoms with E-state index in [-0.39, 0.29) is 49.2 Å². The van der Waals surface area contributed by atoms with Crippen LogP contribution >= 0.6 is 0 Å². The third kappa shape index (κ3) is 38.4. The third-order valence-corrected chi connectivity index (χ3v) is 33.7. The number of ether oxygens (including phenoxy) is 7. The fourth-order valence-corrected chi connectivity index (χ4v) is 25.3. The van der Waals surface area contributed by atoms with Crippen LogP contribution in [0.3, 0.4) is 0 Å². The summed E-state index contributed by atoms with van der Waals surface area (Å²) in [7, 11) is 26.1. The maximum atomic E-state index is 12.2. The van der Waals surface area contributed by atoms with Gasteiger partial charge in [-0.1, -0.05) is 6.92 Å². The number of hydrogen-bond donors (Lipinski definition) is 1. The lowest BCUT2D eigenvalue weighted by molar-refractivity contribution is -0.162. The lowest BCUT2D eigenvalue weighted by Gasteiger charge is -2.36. The van der Waals surface area contributed by atoms with Crippen LogP contribution in [0.4, 0.5) is 51.1 Å². The summed E-state index contributed by atoms with van der Waals surface area (Å²) in [4.78, 5) is 131. The average molecular weight is 2020 g/mol. The molecule has 142 heavy (non-hydrogen) atoms. The van der Waals surface area contributed by atoms with Crippen LogP contribution in [0.5, 0.6) is 0 Å². The van der Waals surface area contributed by atoms with Gasteiger partial charge in [0.25, 0.3) is 0 Å². The molecule has 16 fully saturated rings. The number of carbonyl (C=O) groups is 8. The van der Waals surface area contributed by atoms with Crippen molar-refractivity contribution in [2.75, 3.05) is 302 Å². The summed E-state index contributed by atoms with van der Waals surface area (Å²) < 4.78 is 83.2. The van der Waals surface area contributed by atoms with Crippen LogP contribution in [-0.4, -0.2) is 488 Å². The van der Waals surface area contributed by atoms with Gasteiger partial charge >= 0.3 is 48.8 Å². The second-order valence-corrected chi connectivity index (χ2v) is 43.8. The Bertz CT molecular complexity index is 3470. The van der Waals surface area contributed by atoms with Crippen molar-refractivity contribution in [2.45, 2.75) is 280 Å². The lowest BCUT2D eigenvalue weighted by Crippen LogP contribution is -2.44. The Kier molecular flexibility index (Phi) is 52.8. The molecule has 16 aliphatic heterocycles. The minimum atomic E-state index is -4.46. The van der Waals surface area contributed by atoms with Crippen LogP contribution in [0.25, 0.3) is 0 Å². The first kappa shape index (κ1) is 119. The number of amides is 8. The van der Waals surface area contributed by atoms with Gasteiger partial charge in [-0.2, -0.15) is 13.2 Å². The molecule has 0 radical (unpaired) electrons. The van der Waals surface area contributed by atoms with Crippen LogP contribution in [0, 0.1) is 47.3 Å². The highest BCUT2D eigenvalue weighted by Gasteiger charge is 2.46. The molecule has 16 saturated heterocycles. The maximum absolute atomic E-state index is 12.2. The summed E-state index contributed by atoms with van der Waals surface area (Å²) in [5.41, 5.74) is 0. The quantitative estimate of drug-likeness (QED) is 0.0715. The van der Waals surface area contributed by atoms with Gasteiger partial charge in [0.1, 0.15) is 26.5 Å². The predicted octanol–water partition coefficient (Wildman–Crippen LogP) is 13.8. The van der Waals surface area contributed by atoms with Crippen molar-refractivity contribution in [1.29, 1.82) is 0 Å². The Morgan fingerprint density at radius 2 is 0.493 bits per heavy atom. The van der Waals surface area contributed by atoms with E-state index >= 15 is 0 Å². The molecule has 8 atom stereocenters. The Morgan fingerprint density at radius 1 is 0.289 bits per heavy atom. The van der Waals surface area contributed by atoms with E-state index < -0.39 is 25.6 Å². The van der Waals surface area contributed by atoms with Crippen molar-refractivity contribution in [3.8, 4) is 0 Å². The number of hydrogen-bond acceptors (Lipinski definition) is 25. The van der Waals surface area contributed by atoms with Gasteiger partial charge < -0.3 is 122 Å². The number of carbonyl (C=O) groups excluding carboxylic acids is 8. The van der Waals surface area contributed by atoms with Gasteiger partial charge in [-0.25, -0.2) is 38.0 Å². The van der Waals surface area contributed by atoms with Gasteiger partial charge in [-0.3, -0.25) is 4.79 Å². The van der Waals surface area contributed by atoms with Crippen molar-refractivity contribution in [3.63, 3.8) is 0 Å². The normalized spacial score (nSPS) is 27.0. The molecule has 2 unspecified atom stereocenters. The number of alkyl halides is 4. The summed E-state index contributed by atoms with van der Waals surface area (Å²) in [5.74, 6) is 5.45. The highest BCUT2D eigenvalue weighted by molar-refractivity contribution is 5.76. The molecule has 0 aromatic carbocycles. The molecule has 16 heterocycles. The summed E-state index contributed by atoms with van der Waals surface area (Å²) in [6.07, 6.45) is 31.1. The van der Waals surface area contributed by atoms with Gasteiger partial charge in [-0.15, -0.1) is 0 Å². The molecular weight excluding hydrogens is 1830 g/mol. The highest BCUT2D eigenvalue weighted by Crippen LogP contribution is 2.40. The second kappa shape index (κ2) is 62.9. The number of piperidine rings is 8. The molecule has 16 aliphatic rings. The van der Waals surface area contributed by atoms with E-state index in [1.807, 2.05) is 69.3 Å². The molecule has 0 aromatic heterocycles. The van der Waals surface area contributed by atoms with Crippen molar-refractivity contribution in [3.05, 3.63) is 0 Å². The number of likely N-dealkylation sites (N-methyl/N-ethyl adjacent to an activating group) is 2. The summed E-state index contributed by atoms with van der Waals surface area (Å²) >= 11 is 0. The van der Waals surface area contributed by atoms with E-state index in [0.29, 0.717) is 122 Å². The third-order valence-electron chi connectivity index (χ3n) is 33.7. The second-order valence-electron chi connectivity index (χ2n) is 43.8. The molecule has 33 nitrogen and oxygen atoms in total. The molecule has 0 saturated carbocycles. The van der Waals surface area contributed by atoms with Crippen LogP contribution in [0.2, 0.25) is 0 Å². The van der Waals surface area contributed by atoms with Gasteiger partial charge in [0.05, 0.1) is 20.8 Å². The monoisotopic (exact) mass is 2020 g/mol. The zero-order valence-electron chi connectivity index (χ0n) is 90.4. The van der Waals surface area contributed by atoms with Crippen LogP contribution < -0.4 is 5.32 Å². The molecule has 16 rings (SSSR count). The Labute approximate surface area is 851 Å². The minimum Gasteiger partial charge on any atom is -0.453 e. The van der Waals surface area contributed by atoms with Gasteiger partial charge in [0, 0.05) is 120 Å². The van der Waals surface area contributed by atoms with Crippen molar-refractivity contribution >= 4 is 48.6 Å². The van der Waals surface area contributed by atoms with E-state index in [9.17, 15) is 55.9 Å². The number of methoxy groups -OCH3 is 2. The van der Waals surface area contributed by atoms with Crippen molar-refractivity contribution < 1.29 is 89.1 Å². The van der Waals surface area contributed by atoms with Crippen LogP contribution in [-0.2, 0) is 38.0 Å². The Morgan fingerprint density at radius 3 is 0.697 bits per heavy atom. The standard InChI is InChI=1S/C15H29N3O2.C14H27N3O2.C13H21F3N2O2.C13H23FN2O2.C13H24N2O2.C13H24N2O.2C12H22N2O2/c1-16(2)11-12-20-15(19)18-8-4-5-14(18)13-6-9-17(3)10-7-13;1-15-7-11-19-14(18)17-8-3-4-13(17)12-5-9-16(2)10-6-12;1-17-7-4-10(5-8-17)11-3-2-6-18(11)12(19)20-9-13(14,15)16;1-15-8-4-11(5-9-15)12-3-2-7-16(12)13(17)18-10-6-14;1-3-17-13(16)15-8-4-5-12(15)11-6-9-14(2)10-7-11;1-3-13(16)15-8-4-5-12(15)11-6-9-14(2)10-7-11;2*1-13-8-5-10(6-9-13)11-4-3-7-14(11)12(15)16-2/h13-14H,4-12H2,1-3H3;12-13,15H,3-11H2,1-2H3;10-11H,2-9H2,1H3;11-12H,2-10H2,1H3;11-12H,3-10H2,1-2H3;11-12H,3-10H2,1-2H3;2*10-11H,3-9H2,1-2H3/t14-;13-;11-;12-;;;2*11-/m0000..10/s1. The fraction of sp³-hybridized carbons (Fsp3) is 0.924. The van der Waals surface area contributed by atoms with E-state index in [1.54, 1.807) is 0 Å². The van der Waals surface area contributed by atoms with Crippen molar-refractivity contribution in [1.82, 2.24) is 88.6 Å². The number of likely N-dealkylation sites (tertiary alicyclic amines) is 16. The summed E-state index contributed by atoms with van der Waals surface area (Å²) in [5, 5.41) is 2.99. The Hall–Kier alpha value is -6.32. The van der Waals surface area contributed by atoms with Gasteiger partial charge in [0.15, 0.2) is 6.61 Å². The fourth-order valence-electron chi connectivity index (χ4n) is 25.3. The molecule has 0 aromatic rings. The molecule has 0 aliphatic carbocycles. The van der Waals surface area contributed by atoms with Gasteiger partial charge in [-0.05, 0) is 442 Å². The zero-order valence-corrected chi connectivity index (χ0v) is 90.4. The highest BCUT2D eigenvalue weighted by atomic mass is 19.4. The first-order chi connectivity index (χ1) is 68.3. The van der Waals surface area contributed by atoms with Crippen LogP contribution in [0.15, 0.2) is 0 Å². The minimum absolute atomic E-state index is 0.0458. The van der Waals surface area contributed by atoms with E-state index in [1.165, 1.54) is 122 Å². The number of halogens is 4. The molecule has 0 bridgehead atoms. The van der Waals surface area contributed by atoms with E-state index in [4.69, 9.17) is 28.4 Å². The summed E-state index contributed by atoms with van der Waals surface area (Å²) in [6, 6.07) is 3.03. The van der Waals surface area contributed by atoms with Gasteiger partial charge in [0.2, 0.25) is 5.91 Å². The Balaban J connectivity index is 0.000000181. The lowest BCUT2D eigenvalue weighted by atomic mass is 9.88. The molecule has 1 N–H and O–H groups in total. The molecule has 8 amide bonds. The van der Waals surface area contributed by atoms with Crippen molar-refractivity contribution in [2.24, 2.45) is 47.3 Å². The smallest absolute Gasteiger partial charge is 0.422 e. The molecular formula is C105H192F4N18O15. The summed E-state index contributed by atoms with van der Waals surface area (Å²) in [6.45, 7) is 29.4. The molecule has 820 valence electrons. The predicted molar refractivity (Wildman–Crippen MR) is 547 cm³/mol. The SMILES string of the molecule is CCC(=O)N1CCCC1C1CCN(C)CC1.CCOC(=O)N1CCCC1C1CCN(C)CC1.CN(C)CCOC(=O)N1CCC[C@H]1C1CCN(C)CC1.CN1CCC([C@@H]2CCCN2C(=O)OCC(F)(F)F)CC1.CN1CCC([C@@H]2CCCN2C(=O)OCCF)CC1.CNCCOC(=O)N1CCC[C@H]1C1CCN(C)CC1.COC(=O)N1CCC[C@@H]1C1CCN(C)CC1.COC(=O)N1CCC[C@H]1C1CCN(C)CC1. The largest absolute Gasteiger partial charge is 0.453 e. The molecule has 37 heteroatoms. The number of rotatable bonds is 19. The zero-order chi connectivity index (χ0) is 103. The first-order valence-corrected chi connectivity index (χ1v) is 55.3. The maximum Gasteiger partial charge on any atom is 0.422 e.